The number of hydrazine groups is 1. The molecule has 0 bridgehead atoms. The lowest BCUT2D eigenvalue weighted by atomic mass is 9.98. The maximum absolute atomic E-state index is 11.8. The fourth-order valence-corrected chi connectivity index (χ4v) is 1.33. The highest BCUT2D eigenvalue weighted by molar-refractivity contribution is 4.73. The Morgan fingerprint density at radius 2 is 1.94 bits per heavy atom. The van der Waals surface area contributed by atoms with Gasteiger partial charge in [-0.15, -0.1) is 0 Å². The average Bonchev–Trinajstić information content (AvgIpc) is 2.28. The monoisotopic (exact) mass is 254 g/mol. The van der Waals surface area contributed by atoms with Gasteiger partial charge in [0, 0.05) is 19.8 Å². The Kier molecular flexibility index (Phi) is 8.59. The summed E-state index contributed by atoms with van der Waals surface area (Å²) in [4.78, 5) is 0. The van der Waals surface area contributed by atoms with Crippen molar-refractivity contribution in [2.75, 3.05) is 20.3 Å². The summed E-state index contributed by atoms with van der Waals surface area (Å²) in [7, 11) is 1.66. The first kappa shape index (κ1) is 16.7. The van der Waals surface area contributed by atoms with E-state index in [1.807, 2.05) is 13.8 Å². The normalized spacial score (nSPS) is 14.3. The molecule has 0 aliphatic carbocycles. The van der Waals surface area contributed by atoms with Gasteiger partial charge in [0.2, 0.25) is 0 Å². The van der Waals surface area contributed by atoms with Gasteiger partial charge in [0.25, 0.3) is 6.43 Å². The highest BCUT2D eigenvalue weighted by Crippen LogP contribution is 2.17. The van der Waals surface area contributed by atoms with Gasteiger partial charge in [-0.1, -0.05) is 0 Å². The molecule has 17 heavy (non-hydrogen) atoms. The smallest absolute Gasteiger partial charge is 0.261 e. The van der Waals surface area contributed by atoms with E-state index in [-0.39, 0.29) is 18.2 Å². The van der Waals surface area contributed by atoms with Crippen LogP contribution in [-0.2, 0) is 9.47 Å². The molecule has 0 fully saturated rings. The molecule has 0 amide bonds. The zero-order chi connectivity index (χ0) is 13.3. The second-order valence-corrected chi connectivity index (χ2v) is 4.62. The minimum Gasteiger partial charge on any atom is -0.379 e. The van der Waals surface area contributed by atoms with Gasteiger partial charge in [-0.2, -0.15) is 0 Å². The number of nitrogens with one attached hydrogen (secondary N) is 1. The van der Waals surface area contributed by atoms with E-state index < -0.39 is 13.0 Å². The van der Waals surface area contributed by atoms with Crippen molar-refractivity contribution in [2.24, 2.45) is 5.84 Å². The van der Waals surface area contributed by atoms with Crippen LogP contribution in [-0.4, -0.2) is 38.4 Å². The summed E-state index contributed by atoms with van der Waals surface area (Å²) in [5.41, 5.74) is 2.47. The number of halogens is 2. The maximum atomic E-state index is 11.8. The first-order valence-corrected chi connectivity index (χ1v) is 5.78. The van der Waals surface area contributed by atoms with E-state index in [2.05, 4.69) is 5.43 Å². The fraction of sp³-hybridized carbons (Fsp3) is 1.00. The summed E-state index contributed by atoms with van der Waals surface area (Å²) in [6, 6.07) is 0.0575. The molecule has 0 saturated heterocycles. The molecule has 3 N–H and O–H groups in total. The Labute approximate surface area is 102 Å². The Morgan fingerprint density at radius 3 is 2.41 bits per heavy atom. The van der Waals surface area contributed by atoms with Crippen LogP contribution >= 0.6 is 0 Å². The zero-order valence-electron chi connectivity index (χ0n) is 10.8. The van der Waals surface area contributed by atoms with Crippen LogP contribution in [0, 0.1) is 0 Å². The van der Waals surface area contributed by atoms with Crippen LogP contribution in [0.3, 0.4) is 0 Å². The van der Waals surface area contributed by atoms with E-state index in [0.29, 0.717) is 6.42 Å². The minimum atomic E-state index is -2.41. The summed E-state index contributed by atoms with van der Waals surface area (Å²) in [5.74, 6) is 5.39. The van der Waals surface area contributed by atoms with Crippen molar-refractivity contribution in [1.82, 2.24) is 5.43 Å². The lowest BCUT2D eigenvalue weighted by molar-refractivity contribution is 0.00500. The summed E-state index contributed by atoms with van der Waals surface area (Å²) in [5, 5.41) is 0. The fourth-order valence-electron chi connectivity index (χ4n) is 1.33. The highest BCUT2D eigenvalue weighted by Gasteiger charge is 2.18. The second kappa shape index (κ2) is 8.74. The van der Waals surface area contributed by atoms with Crippen molar-refractivity contribution in [1.29, 1.82) is 0 Å². The quantitative estimate of drug-likeness (QED) is 0.354. The molecule has 0 aromatic rings. The van der Waals surface area contributed by atoms with Crippen LogP contribution < -0.4 is 11.3 Å². The number of rotatable bonds is 10. The Morgan fingerprint density at radius 1 is 1.29 bits per heavy atom. The molecule has 0 radical (unpaired) electrons. The zero-order valence-corrected chi connectivity index (χ0v) is 10.8. The van der Waals surface area contributed by atoms with Crippen LogP contribution in [0.4, 0.5) is 8.78 Å². The highest BCUT2D eigenvalue weighted by atomic mass is 19.3. The van der Waals surface area contributed by atoms with Crippen molar-refractivity contribution in [2.45, 2.75) is 51.2 Å². The van der Waals surface area contributed by atoms with Gasteiger partial charge in [0.1, 0.15) is 6.61 Å². The van der Waals surface area contributed by atoms with E-state index in [1.54, 1.807) is 7.11 Å². The van der Waals surface area contributed by atoms with E-state index >= 15 is 0 Å². The van der Waals surface area contributed by atoms with Crippen LogP contribution in [0.5, 0.6) is 0 Å². The standard InChI is InChI=1S/C11H24F2N2O2/c1-11(2,16-3)6-4-9(15-14)5-7-17-8-10(12)13/h9-10,15H,4-8,14H2,1-3H3. The molecule has 0 saturated carbocycles. The number of alkyl halides is 2. The van der Waals surface area contributed by atoms with Crippen LogP contribution in [0.1, 0.15) is 33.1 Å². The lowest BCUT2D eigenvalue weighted by Crippen LogP contribution is -2.38. The molecule has 0 aromatic carbocycles. The molecule has 6 heteroatoms. The molecule has 0 heterocycles. The number of nitrogens with two attached hydrogens (primary N) is 1. The molecule has 0 spiro atoms. The number of hydrogen-bond acceptors (Lipinski definition) is 4. The topological polar surface area (TPSA) is 56.5 Å². The van der Waals surface area contributed by atoms with Crippen molar-refractivity contribution in [3.05, 3.63) is 0 Å². The van der Waals surface area contributed by atoms with Gasteiger partial charge in [-0.3, -0.25) is 11.3 Å². The average molecular weight is 254 g/mol. The number of ether oxygens (including phenoxy) is 2. The molecule has 104 valence electrons. The maximum Gasteiger partial charge on any atom is 0.261 e. The van der Waals surface area contributed by atoms with Gasteiger partial charge in [-0.05, 0) is 33.1 Å². The molecular formula is C11H24F2N2O2. The van der Waals surface area contributed by atoms with E-state index in [9.17, 15) is 8.78 Å². The van der Waals surface area contributed by atoms with Gasteiger partial charge in [0.05, 0.1) is 5.60 Å². The Bertz CT molecular complexity index is 192. The minimum absolute atomic E-state index is 0.0575. The van der Waals surface area contributed by atoms with E-state index in [4.69, 9.17) is 15.3 Å². The van der Waals surface area contributed by atoms with Crippen molar-refractivity contribution >= 4 is 0 Å². The number of methoxy groups -OCH3 is 1. The molecule has 1 atom stereocenters. The predicted octanol–water partition coefficient (Wildman–Crippen LogP) is 1.70. The van der Waals surface area contributed by atoms with E-state index in [1.165, 1.54) is 0 Å². The Balaban J connectivity index is 3.70. The first-order chi connectivity index (χ1) is 7.91. The van der Waals surface area contributed by atoms with Crippen LogP contribution in [0.2, 0.25) is 0 Å². The van der Waals surface area contributed by atoms with Crippen molar-refractivity contribution < 1.29 is 18.3 Å². The third-order valence-corrected chi connectivity index (χ3v) is 2.74. The van der Waals surface area contributed by atoms with Crippen LogP contribution in [0.25, 0.3) is 0 Å². The predicted molar refractivity (Wildman–Crippen MR) is 62.9 cm³/mol. The van der Waals surface area contributed by atoms with E-state index in [0.717, 1.165) is 12.8 Å². The molecule has 0 aromatic heterocycles. The molecule has 1 unspecified atom stereocenters. The second-order valence-electron chi connectivity index (χ2n) is 4.62. The van der Waals surface area contributed by atoms with Crippen LogP contribution in [0.15, 0.2) is 0 Å². The third kappa shape index (κ3) is 9.41. The SMILES string of the molecule is COC(C)(C)CCC(CCOCC(F)F)NN. The lowest BCUT2D eigenvalue weighted by Gasteiger charge is -2.25. The van der Waals surface area contributed by atoms with Crippen molar-refractivity contribution in [3.63, 3.8) is 0 Å². The largest absolute Gasteiger partial charge is 0.379 e. The van der Waals surface area contributed by atoms with Gasteiger partial charge < -0.3 is 9.47 Å². The molecule has 0 aliphatic rings. The van der Waals surface area contributed by atoms with Gasteiger partial charge in [-0.25, -0.2) is 8.78 Å². The molecular weight excluding hydrogens is 230 g/mol. The first-order valence-electron chi connectivity index (χ1n) is 5.78. The van der Waals surface area contributed by atoms with Gasteiger partial charge in [0.15, 0.2) is 0 Å². The number of hydrogen-bond donors (Lipinski definition) is 2. The summed E-state index contributed by atoms with van der Waals surface area (Å²) < 4.78 is 33.7. The molecule has 0 rings (SSSR count). The summed E-state index contributed by atoms with van der Waals surface area (Å²) in [6.07, 6.45) is -0.141. The van der Waals surface area contributed by atoms with Crippen molar-refractivity contribution in [3.8, 4) is 0 Å². The molecule has 4 nitrogen and oxygen atoms in total. The van der Waals surface area contributed by atoms with Gasteiger partial charge >= 0.3 is 0 Å². The Hall–Kier alpha value is -0.300. The summed E-state index contributed by atoms with van der Waals surface area (Å²) >= 11 is 0. The third-order valence-electron chi connectivity index (χ3n) is 2.74. The molecule has 0 aliphatic heterocycles. The summed E-state index contributed by atoms with van der Waals surface area (Å²) in [6.45, 7) is 3.76.